The highest BCUT2D eigenvalue weighted by Crippen LogP contribution is 2.38. The SMILES string of the molecule is O=C1CCC[C@H](c2ccc(F)cc2)N1[C@H](CO)c1ccccc1. The molecule has 4 heteroatoms. The van der Waals surface area contributed by atoms with Gasteiger partial charge in [-0.25, -0.2) is 4.39 Å². The predicted molar refractivity (Wildman–Crippen MR) is 86.1 cm³/mol. The van der Waals surface area contributed by atoms with Crippen molar-refractivity contribution in [1.82, 2.24) is 4.90 Å². The highest BCUT2D eigenvalue weighted by Gasteiger charge is 2.34. The molecule has 0 spiro atoms. The third-order valence-corrected chi connectivity index (χ3v) is 4.44. The van der Waals surface area contributed by atoms with Crippen LogP contribution in [-0.2, 0) is 4.79 Å². The quantitative estimate of drug-likeness (QED) is 0.936. The van der Waals surface area contributed by atoms with Crippen LogP contribution in [0.1, 0.15) is 42.5 Å². The summed E-state index contributed by atoms with van der Waals surface area (Å²) in [4.78, 5) is 14.3. The minimum absolute atomic E-state index is 0.0356. The average molecular weight is 313 g/mol. The highest BCUT2D eigenvalue weighted by molar-refractivity contribution is 5.78. The number of aliphatic hydroxyl groups is 1. The van der Waals surface area contributed by atoms with Gasteiger partial charge in [-0.1, -0.05) is 42.5 Å². The van der Waals surface area contributed by atoms with Crippen LogP contribution in [0.4, 0.5) is 4.39 Å². The third kappa shape index (κ3) is 3.27. The van der Waals surface area contributed by atoms with Crippen molar-refractivity contribution < 1.29 is 14.3 Å². The van der Waals surface area contributed by atoms with Crippen molar-refractivity contribution in [3.8, 4) is 0 Å². The van der Waals surface area contributed by atoms with Crippen molar-refractivity contribution >= 4 is 5.91 Å². The maximum Gasteiger partial charge on any atom is 0.223 e. The highest BCUT2D eigenvalue weighted by atomic mass is 19.1. The van der Waals surface area contributed by atoms with Gasteiger partial charge in [0.15, 0.2) is 0 Å². The van der Waals surface area contributed by atoms with E-state index in [4.69, 9.17) is 0 Å². The summed E-state index contributed by atoms with van der Waals surface area (Å²) in [7, 11) is 0. The lowest BCUT2D eigenvalue weighted by atomic mass is 9.91. The first kappa shape index (κ1) is 15.7. The van der Waals surface area contributed by atoms with Gasteiger partial charge in [0.1, 0.15) is 5.82 Å². The molecule has 3 rings (SSSR count). The van der Waals surface area contributed by atoms with Gasteiger partial charge in [0.25, 0.3) is 0 Å². The molecule has 0 aromatic heterocycles. The summed E-state index contributed by atoms with van der Waals surface area (Å²) < 4.78 is 13.2. The molecule has 2 aromatic rings. The molecule has 1 amide bonds. The van der Waals surface area contributed by atoms with Crippen molar-refractivity contribution in [2.45, 2.75) is 31.3 Å². The van der Waals surface area contributed by atoms with Crippen molar-refractivity contribution in [3.63, 3.8) is 0 Å². The number of hydrogen-bond donors (Lipinski definition) is 1. The summed E-state index contributed by atoms with van der Waals surface area (Å²) in [5.74, 6) is -0.252. The lowest BCUT2D eigenvalue weighted by molar-refractivity contribution is -0.141. The number of halogens is 1. The fourth-order valence-corrected chi connectivity index (χ4v) is 3.32. The van der Waals surface area contributed by atoms with Crippen LogP contribution in [0.15, 0.2) is 54.6 Å². The van der Waals surface area contributed by atoms with Gasteiger partial charge in [-0.05, 0) is 36.1 Å². The van der Waals surface area contributed by atoms with Crippen LogP contribution in [-0.4, -0.2) is 22.5 Å². The Morgan fingerprint density at radius 1 is 1.13 bits per heavy atom. The van der Waals surface area contributed by atoms with Crippen LogP contribution >= 0.6 is 0 Å². The molecular weight excluding hydrogens is 293 g/mol. The fraction of sp³-hybridized carbons (Fsp3) is 0.316. The second-order valence-electron chi connectivity index (χ2n) is 5.87. The van der Waals surface area contributed by atoms with E-state index in [-0.39, 0.29) is 30.4 Å². The van der Waals surface area contributed by atoms with Crippen molar-refractivity contribution in [1.29, 1.82) is 0 Å². The monoisotopic (exact) mass is 313 g/mol. The van der Waals surface area contributed by atoms with Crippen LogP contribution in [0.5, 0.6) is 0 Å². The third-order valence-electron chi connectivity index (χ3n) is 4.44. The van der Waals surface area contributed by atoms with Crippen LogP contribution < -0.4 is 0 Å². The van der Waals surface area contributed by atoms with E-state index in [0.717, 1.165) is 24.0 Å². The number of carbonyl (C=O) groups excluding carboxylic acids is 1. The number of hydrogen-bond acceptors (Lipinski definition) is 2. The van der Waals surface area contributed by atoms with E-state index in [2.05, 4.69) is 0 Å². The number of carbonyl (C=O) groups is 1. The summed E-state index contributed by atoms with van der Waals surface area (Å²) in [6, 6.07) is 15.3. The van der Waals surface area contributed by atoms with Gasteiger partial charge >= 0.3 is 0 Å². The van der Waals surface area contributed by atoms with Crippen LogP contribution in [0.25, 0.3) is 0 Å². The molecule has 3 nitrogen and oxygen atoms in total. The van der Waals surface area contributed by atoms with Crippen molar-refractivity contribution in [2.75, 3.05) is 6.61 Å². The number of amides is 1. The molecule has 1 fully saturated rings. The second kappa shape index (κ2) is 6.92. The maximum absolute atomic E-state index is 13.2. The lowest BCUT2D eigenvalue weighted by Crippen LogP contribution is -2.42. The minimum Gasteiger partial charge on any atom is -0.394 e. The number of rotatable bonds is 4. The van der Waals surface area contributed by atoms with Crippen molar-refractivity contribution in [3.05, 3.63) is 71.5 Å². The fourth-order valence-electron chi connectivity index (χ4n) is 3.32. The van der Waals surface area contributed by atoms with Crippen LogP contribution in [0.2, 0.25) is 0 Å². The molecule has 0 unspecified atom stereocenters. The summed E-state index contributed by atoms with van der Waals surface area (Å²) in [6.45, 7) is -0.131. The minimum atomic E-state index is -0.376. The summed E-state index contributed by atoms with van der Waals surface area (Å²) in [5.41, 5.74) is 1.83. The maximum atomic E-state index is 13.2. The molecule has 0 radical (unpaired) electrons. The molecule has 120 valence electrons. The zero-order valence-corrected chi connectivity index (χ0v) is 12.9. The van der Waals surface area contributed by atoms with E-state index in [1.54, 1.807) is 17.0 Å². The molecule has 1 N–H and O–H groups in total. The Balaban J connectivity index is 1.97. The Labute approximate surface area is 135 Å². The number of nitrogens with zero attached hydrogens (tertiary/aromatic N) is 1. The first-order chi connectivity index (χ1) is 11.2. The van der Waals surface area contributed by atoms with E-state index in [1.807, 2.05) is 30.3 Å². The van der Waals surface area contributed by atoms with Gasteiger partial charge in [0, 0.05) is 6.42 Å². The van der Waals surface area contributed by atoms with Crippen molar-refractivity contribution in [2.24, 2.45) is 0 Å². The second-order valence-corrected chi connectivity index (χ2v) is 5.87. The van der Waals surface area contributed by atoms with E-state index >= 15 is 0 Å². The van der Waals surface area contributed by atoms with Gasteiger partial charge < -0.3 is 10.0 Å². The summed E-state index contributed by atoms with van der Waals surface area (Å²) in [6.07, 6.45) is 2.12. The van der Waals surface area contributed by atoms with Gasteiger partial charge in [-0.3, -0.25) is 4.79 Å². The molecule has 1 saturated heterocycles. The number of aliphatic hydroxyl groups excluding tert-OH is 1. The van der Waals surface area contributed by atoms with E-state index in [0.29, 0.717) is 6.42 Å². The average Bonchev–Trinajstić information content (AvgIpc) is 2.59. The van der Waals surface area contributed by atoms with E-state index in [9.17, 15) is 14.3 Å². The first-order valence-electron chi connectivity index (χ1n) is 7.93. The smallest absolute Gasteiger partial charge is 0.223 e. The number of benzene rings is 2. The molecule has 23 heavy (non-hydrogen) atoms. The Morgan fingerprint density at radius 2 is 1.83 bits per heavy atom. The zero-order chi connectivity index (χ0) is 16.2. The largest absolute Gasteiger partial charge is 0.394 e. The summed E-state index contributed by atoms with van der Waals surface area (Å²) >= 11 is 0. The zero-order valence-electron chi connectivity index (χ0n) is 12.9. The van der Waals surface area contributed by atoms with Gasteiger partial charge in [-0.2, -0.15) is 0 Å². The molecule has 0 saturated carbocycles. The Bertz CT molecular complexity index is 657. The molecule has 2 aromatic carbocycles. The number of piperidine rings is 1. The molecule has 1 aliphatic rings. The first-order valence-corrected chi connectivity index (χ1v) is 7.93. The Morgan fingerprint density at radius 3 is 2.48 bits per heavy atom. The number of likely N-dealkylation sites (tertiary alicyclic amines) is 1. The molecule has 2 atom stereocenters. The Kier molecular flexibility index (Phi) is 4.72. The van der Waals surface area contributed by atoms with E-state index < -0.39 is 0 Å². The summed E-state index contributed by atoms with van der Waals surface area (Å²) in [5, 5.41) is 9.90. The standard InChI is InChI=1S/C19H20FNO2/c20-16-11-9-15(10-12-16)17-7-4-8-19(23)21(17)18(13-22)14-5-2-1-3-6-14/h1-3,5-6,9-12,17-18,22H,4,7-8,13H2/t17-,18-/m1/s1. The topological polar surface area (TPSA) is 40.5 Å². The van der Waals surface area contributed by atoms with Crippen LogP contribution in [0, 0.1) is 5.82 Å². The van der Waals surface area contributed by atoms with Gasteiger partial charge in [0.2, 0.25) is 5.91 Å². The Hall–Kier alpha value is -2.20. The van der Waals surface area contributed by atoms with Gasteiger partial charge in [0.05, 0.1) is 18.7 Å². The van der Waals surface area contributed by atoms with Crippen LogP contribution in [0.3, 0.4) is 0 Å². The molecule has 1 aliphatic heterocycles. The predicted octanol–water partition coefficient (Wildman–Crippen LogP) is 3.61. The molecule has 1 heterocycles. The van der Waals surface area contributed by atoms with Gasteiger partial charge in [-0.15, -0.1) is 0 Å². The van der Waals surface area contributed by atoms with E-state index in [1.165, 1.54) is 12.1 Å². The molecular formula is C19H20FNO2. The normalized spacial score (nSPS) is 19.7. The lowest BCUT2D eigenvalue weighted by Gasteiger charge is -2.41. The molecule has 0 aliphatic carbocycles. The molecule has 0 bridgehead atoms.